The van der Waals surface area contributed by atoms with E-state index in [1.807, 2.05) is 13.0 Å². The van der Waals surface area contributed by atoms with Gasteiger partial charge < -0.3 is 9.47 Å². The van der Waals surface area contributed by atoms with Crippen LogP contribution in [0.4, 0.5) is 8.78 Å². The molecule has 1 saturated heterocycles. The number of hydrogen-bond donors (Lipinski definition) is 1. The molecule has 19 heavy (non-hydrogen) atoms. The van der Waals surface area contributed by atoms with Gasteiger partial charge in [-0.1, -0.05) is 12.1 Å². The van der Waals surface area contributed by atoms with E-state index in [1.54, 1.807) is 12.1 Å². The molecule has 0 spiro atoms. The topological polar surface area (TPSA) is 33.7 Å². The van der Waals surface area contributed by atoms with Crippen LogP contribution >= 0.6 is 0 Å². The summed E-state index contributed by atoms with van der Waals surface area (Å²) in [7, 11) is 0. The largest absolute Gasteiger partial charge is 0.435 e. The third-order valence-corrected chi connectivity index (χ3v) is 2.97. The first-order chi connectivity index (χ1) is 9.15. The minimum atomic E-state index is -2.79. The van der Waals surface area contributed by atoms with E-state index in [9.17, 15) is 8.78 Å². The van der Waals surface area contributed by atoms with Crippen molar-refractivity contribution in [2.24, 2.45) is 0 Å². The number of morpholine rings is 1. The summed E-state index contributed by atoms with van der Waals surface area (Å²) in [4.78, 5) is 0. The molecule has 0 saturated carbocycles. The summed E-state index contributed by atoms with van der Waals surface area (Å²) in [6, 6.07) is 6.78. The molecule has 1 unspecified atom stereocenters. The van der Waals surface area contributed by atoms with E-state index in [-0.39, 0.29) is 11.8 Å². The van der Waals surface area contributed by atoms with E-state index in [2.05, 4.69) is 15.2 Å². The Morgan fingerprint density at radius 1 is 1.32 bits per heavy atom. The van der Waals surface area contributed by atoms with Gasteiger partial charge in [0.2, 0.25) is 0 Å². The maximum atomic E-state index is 12.2. The van der Waals surface area contributed by atoms with Gasteiger partial charge in [0.05, 0.1) is 13.2 Å². The molecule has 0 amide bonds. The highest BCUT2D eigenvalue weighted by Gasteiger charge is 2.14. The van der Waals surface area contributed by atoms with Crippen molar-refractivity contribution in [2.75, 3.05) is 26.3 Å². The lowest BCUT2D eigenvalue weighted by molar-refractivity contribution is -0.0499. The van der Waals surface area contributed by atoms with Gasteiger partial charge in [0, 0.05) is 19.1 Å². The maximum Gasteiger partial charge on any atom is 0.387 e. The summed E-state index contributed by atoms with van der Waals surface area (Å²) in [6.45, 7) is 2.23. The SMILES string of the molecule is CC(NN1CCOCC1)c1cccc(OC(F)F)c1. The number of ether oxygens (including phenoxy) is 2. The van der Waals surface area contributed by atoms with Crippen LogP contribution in [0.25, 0.3) is 0 Å². The fourth-order valence-electron chi connectivity index (χ4n) is 2.00. The van der Waals surface area contributed by atoms with Crippen molar-refractivity contribution in [3.05, 3.63) is 29.8 Å². The summed E-state index contributed by atoms with van der Waals surface area (Å²) in [5, 5.41) is 2.08. The fraction of sp³-hybridized carbons (Fsp3) is 0.538. The molecule has 2 rings (SSSR count). The van der Waals surface area contributed by atoms with Crippen LogP contribution in [0, 0.1) is 0 Å². The molecule has 0 radical (unpaired) electrons. The van der Waals surface area contributed by atoms with Gasteiger partial charge in [0.1, 0.15) is 5.75 Å². The summed E-state index contributed by atoms with van der Waals surface area (Å²) in [5.41, 5.74) is 4.23. The normalized spacial score (nSPS) is 18.5. The van der Waals surface area contributed by atoms with Gasteiger partial charge in [-0.2, -0.15) is 8.78 Å². The van der Waals surface area contributed by atoms with Gasteiger partial charge in [-0.05, 0) is 24.6 Å². The minimum absolute atomic E-state index is 0.0272. The highest BCUT2D eigenvalue weighted by molar-refractivity contribution is 5.30. The van der Waals surface area contributed by atoms with Crippen LogP contribution in [0.1, 0.15) is 18.5 Å². The monoisotopic (exact) mass is 272 g/mol. The second-order valence-corrected chi connectivity index (χ2v) is 4.40. The molecular weight excluding hydrogens is 254 g/mol. The number of rotatable bonds is 5. The zero-order valence-electron chi connectivity index (χ0n) is 10.8. The third kappa shape index (κ3) is 4.41. The quantitative estimate of drug-likeness (QED) is 0.891. The molecule has 1 aliphatic rings. The lowest BCUT2D eigenvalue weighted by Crippen LogP contribution is -2.46. The molecule has 1 N–H and O–H groups in total. The lowest BCUT2D eigenvalue weighted by Gasteiger charge is -2.30. The summed E-state index contributed by atoms with van der Waals surface area (Å²) in [6.07, 6.45) is 0. The Hall–Kier alpha value is -1.24. The van der Waals surface area contributed by atoms with Gasteiger partial charge in [0.25, 0.3) is 0 Å². The van der Waals surface area contributed by atoms with Gasteiger partial charge in [0.15, 0.2) is 0 Å². The van der Waals surface area contributed by atoms with E-state index >= 15 is 0 Å². The molecule has 1 aromatic carbocycles. The Kier molecular flexibility index (Phi) is 5.07. The van der Waals surface area contributed by atoms with Crippen LogP contribution in [-0.2, 0) is 4.74 Å². The van der Waals surface area contributed by atoms with Crippen molar-refractivity contribution >= 4 is 0 Å². The lowest BCUT2D eigenvalue weighted by atomic mass is 10.1. The molecule has 1 aromatic rings. The highest BCUT2D eigenvalue weighted by atomic mass is 19.3. The molecular formula is C13H18F2N2O2. The molecule has 0 bridgehead atoms. The van der Waals surface area contributed by atoms with Crippen LogP contribution in [0.5, 0.6) is 5.75 Å². The average Bonchev–Trinajstić information content (AvgIpc) is 2.39. The van der Waals surface area contributed by atoms with Gasteiger partial charge in [-0.15, -0.1) is 0 Å². The molecule has 0 aliphatic carbocycles. The number of benzene rings is 1. The number of hydrazine groups is 1. The minimum Gasteiger partial charge on any atom is -0.435 e. The second-order valence-electron chi connectivity index (χ2n) is 4.40. The first-order valence-electron chi connectivity index (χ1n) is 6.29. The molecule has 4 nitrogen and oxygen atoms in total. The van der Waals surface area contributed by atoms with Crippen LogP contribution < -0.4 is 10.2 Å². The number of halogens is 2. The van der Waals surface area contributed by atoms with Gasteiger partial charge in [-0.25, -0.2) is 10.4 Å². The van der Waals surface area contributed by atoms with Crippen molar-refractivity contribution in [1.82, 2.24) is 10.4 Å². The van der Waals surface area contributed by atoms with Crippen LogP contribution in [0.3, 0.4) is 0 Å². The van der Waals surface area contributed by atoms with Gasteiger partial charge >= 0.3 is 6.61 Å². The Bertz CT molecular complexity index is 398. The molecule has 0 aromatic heterocycles. The second kappa shape index (κ2) is 6.79. The predicted octanol–water partition coefficient (Wildman–Crippen LogP) is 2.19. The van der Waals surface area contributed by atoms with Crippen molar-refractivity contribution in [3.63, 3.8) is 0 Å². The number of hydrogen-bond acceptors (Lipinski definition) is 4. The van der Waals surface area contributed by atoms with E-state index in [0.717, 1.165) is 18.7 Å². The van der Waals surface area contributed by atoms with Crippen LogP contribution in [0.15, 0.2) is 24.3 Å². The first-order valence-corrected chi connectivity index (χ1v) is 6.29. The first kappa shape index (κ1) is 14.2. The van der Waals surface area contributed by atoms with E-state index < -0.39 is 6.61 Å². The standard InChI is InChI=1S/C13H18F2N2O2/c1-10(16-17-5-7-18-8-6-17)11-3-2-4-12(9-11)19-13(14)15/h2-4,9-10,13,16H,5-8H2,1H3. The Labute approximate surface area is 111 Å². The Morgan fingerprint density at radius 2 is 2.05 bits per heavy atom. The summed E-state index contributed by atoms with van der Waals surface area (Å²) in [5.74, 6) is 0.183. The molecule has 106 valence electrons. The van der Waals surface area contributed by atoms with Crippen molar-refractivity contribution in [3.8, 4) is 5.75 Å². The zero-order chi connectivity index (χ0) is 13.7. The van der Waals surface area contributed by atoms with Crippen LogP contribution in [-0.4, -0.2) is 37.9 Å². The van der Waals surface area contributed by atoms with Crippen molar-refractivity contribution < 1.29 is 18.3 Å². The summed E-state index contributed by atoms with van der Waals surface area (Å²) >= 11 is 0. The molecule has 1 atom stereocenters. The average molecular weight is 272 g/mol. The molecule has 1 fully saturated rings. The van der Waals surface area contributed by atoms with E-state index in [1.165, 1.54) is 6.07 Å². The number of nitrogens with zero attached hydrogens (tertiary/aromatic N) is 1. The van der Waals surface area contributed by atoms with Gasteiger partial charge in [-0.3, -0.25) is 0 Å². The fourth-order valence-corrected chi connectivity index (χ4v) is 2.00. The number of alkyl halides is 2. The summed E-state index contributed by atoms with van der Waals surface area (Å²) < 4.78 is 34.0. The van der Waals surface area contributed by atoms with E-state index in [0.29, 0.717) is 13.2 Å². The molecule has 6 heteroatoms. The Balaban J connectivity index is 1.95. The number of nitrogens with one attached hydrogen (secondary N) is 1. The highest BCUT2D eigenvalue weighted by Crippen LogP contribution is 2.21. The van der Waals surface area contributed by atoms with Crippen molar-refractivity contribution in [1.29, 1.82) is 0 Å². The molecule has 1 aliphatic heterocycles. The zero-order valence-corrected chi connectivity index (χ0v) is 10.8. The van der Waals surface area contributed by atoms with Crippen molar-refractivity contribution in [2.45, 2.75) is 19.6 Å². The maximum absolute atomic E-state index is 12.2. The predicted molar refractivity (Wildman–Crippen MR) is 67.0 cm³/mol. The molecule has 1 heterocycles. The third-order valence-electron chi connectivity index (χ3n) is 2.97. The van der Waals surface area contributed by atoms with E-state index in [4.69, 9.17) is 4.74 Å². The Morgan fingerprint density at radius 3 is 2.74 bits per heavy atom. The van der Waals surface area contributed by atoms with Crippen LogP contribution in [0.2, 0.25) is 0 Å². The smallest absolute Gasteiger partial charge is 0.387 e.